The molecule has 2 heterocycles. The number of likely N-dealkylation sites (N-methyl/N-ethyl adjacent to an activating group) is 1. The van der Waals surface area contributed by atoms with Crippen molar-refractivity contribution in [2.45, 2.75) is 18.9 Å². The number of pyridine rings is 1. The summed E-state index contributed by atoms with van der Waals surface area (Å²) >= 11 is 6.20. The zero-order valence-corrected chi connectivity index (χ0v) is 13.0. The third-order valence-corrected chi connectivity index (χ3v) is 3.96. The molecule has 1 unspecified atom stereocenters. The van der Waals surface area contributed by atoms with Gasteiger partial charge >= 0.3 is 6.03 Å². The van der Waals surface area contributed by atoms with Crippen LogP contribution in [0.5, 0.6) is 0 Å². The number of nitrogens with zero attached hydrogens (tertiary/aromatic N) is 4. The molecule has 1 fully saturated rings. The molecule has 1 saturated heterocycles. The zero-order chi connectivity index (χ0) is 14.7. The molecule has 0 spiro atoms. The van der Waals surface area contributed by atoms with Gasteiger partial charge in [0.05, 0.1) is 11.1 Å². The molecule has 110 valence electrons. The maximum Gasteiger partial charge on any atom is 0.319 e. The second-order valence-electron chi connectivity index (χ2n) is 5.34. The van der Waals surface area contributed by atoms with E-state index in [1.54, 1.807) is 25.2 Å². The van der Waals surface area contributed by atoms with Crippen LogP contribution in [0.25, 0.3) is 0 Å². The molecule has 1 aliphatic heterocycles. The summed E-state index contributed by atoms with van der Waals surface area (Å²) in [5.41, 5.74) is 0. The highest BCUT2D eigenvalue weighted by atomic mass is 35.5. The topological polar surface area (TPSA) is 39.7 Å². The minimum Gasteiger partial charge on any atom is -0.353 e. The average Bonchev–Trinajstić information content (AvgIpc) is 2.46. The first-order valence-corrected chi connectivity index (χ1v) is 7.18. The number of piperidine rings is 1. The van der Waals surface area contributed by atoms with Gasteiger partial charge in [-0.2, -0.15) is 0 Å². The third-order valence-electron chi connectivity index (χ3n) is 3.67. The Labute approximate surface area is 125 Å². The lowest BCUT2D eigenvalue weighted by molar-refractivity contribution is 0.157. The lowest BCUT2D eigenvalue weighted by atomic mass is 10.0. The quantitative estimate of drug-likeness (QED) is 0.841. The highest BCUT2D eigenvalue weighted by Gasteiger charge is 2.28. The molecule has 0 radical (unpaired) electrons. The van der Waals surface area contributed by atoms with Crippen molar-refractivity contribution >= 4 is 23.4 Å². The van der Waals surface area contributed by atoms with Crippen LogP contribution in [0.3, 0.4) is 0 Å². The van der Waals surface area contributed by atoms with Gasteiger partial charge in [-0.05, 0) is 25.0 Å². The number of amides is 2. The Morgan fingerprint density at radius 2 is 2.20 bits per heavy atom. The summed E-state index contributed by atoms with van der Waals surface area (Å²) in [6.45, 7) is 1.70. The van der Waals surface area contributed by atoms with Crippen molar-refractivity contribution in [3.8, 4) is 0 Å². The Morgan fingerprint density at radius 1 is 1.45 bits per heavy atom. The number of carbonyl (C=O) groups is 1. The number of urea groups is 1. The van der Waals surface area contributed by atoms with Crippen LogP contribution in [0, 0.1) is 0 Å². The molecule has 0 aromatic carbocycles. The standard InChI is InChI=1S/C14H21ClN4O/c1-17(2)14(20)18(3)11-6-5-9-19(10-11)13-12(15)7-4-8-16-13/h4,7-8,11H,5-6,9-10H2,1-3H3. The van der Waals surface area contributed by atoms with E-state index < -0.39 is 0 Å². The van der Waals surface area contributed by atoms with Gasteiger partial charge < -0.3 is 14.7 Å². The van der Waals surface area contributed by atoms with Crippen molar-refractivity contribution in [1.29, 1.82) is 0 Å². The summed E-state index contributed by atoms with van der Waals surface area (Å²) in [5.74, 6) is 0.810. The molecule has 2 rings (SSSR count). The van der Waals surface area contributed by atoms with E-state index in [0.717, 1.165) is 31.7 Å². The molecule has 2 amide bonds. The summed E-state index contributed by atoms with van der Waals surface area (Å²) in [5, 5.41) is 0.662. The SMILES string of the molecule is CN(C)C(=O)N(C)C1CCCN(c2ncccc2Cl)C1. The predicted molar refractivity (Wildman–Crippen MR) is 81.3 cm³/mol. The number of hydrogen-bond donors (Lipinski definition) is 0. The van der Waals surface area contributed by atoms with Crippen LogP contribution in [0.1, 0.15) is 12.8 Å². The molecular weight excluding hydrogens is 276 g/mol. The van der Waals surface area contributed by atoms with Crippen LogP contribution in [0.2, 0.25) is 5.02 Å². The van der Waals surface area contributed by atoms with E-state index in [-0.39, 0.29) is 12.1 Å². The smallest absolute Gasteiger partial charge is 0.319 e. The summed E-state index contributed by atoms with van der Waals surface area (Å²) in [4.78, 5) is 22.0. The second-order valence-corrected chi connectivity index (χ2v) is 5.75. The van der Waals surface area contributed by atoms with Crippen LogP contribution >= 0.6 is 11.6 Å². The maximum absolute atomic E-state index is 12.0. The van der Waals surface area contributed by atoms with Crippen molar-refractivity contribution < 1.29 is 4.79 Å². The molecule has 0 saturated carbocycles. The molecule has 5 nitrogen and oxygen atoms in total. The third kappa shape index (κ3) is 3.15. The van der Waals surface area contributed by atoms with E-state index in [1.807, 2.05) is 24.1 Å². The lowest BCUT2D eigenvalue weighted by Gasteiger charge is -2.39. The summed E-state index contributed by atoms with van der Waals surface area (Å²) < 4.78 is 0. The fourth-order valence-electron chi connectivity index (χ4n) is 2.54. The Balaban J connectivity index is 2.09. The Bertz CT molecular complexity index is 480. The first-order valence-electron chi connectivity index (χ1n) is 6.80. The van der Waals surface area contributed by atoms with Crippen LogP contribution in [-0.2, 0) is 0 Å². The van der Waals surface area contributed by atoms with Crippen LogP contribution < -0.4 is 4.90 Å². The predicted octanol–water partition coefficient (Wildman–Crippen LogP) is 2.32. The largest absolute Gasteiger partial charge is 0.353 e. The van der Waals surface area contributed by atoms with Gasteiger partial charge in [0.1, 0.15) is 5.82 Å². The van der Waals surface area contributed by atoms with Gasteiger partial charge in [0.25, 0.3) is 0 Å². The van der Waals surface area contributed by atoms with Gasteiger partial charge in [-0.15, -0.1) is 0 Å². The summed E-state index contributed by atoms with van der Waals surface area (Å²) in [6, 6.07) is 3.90. The van der Waals surface area contributed by atoms with Crippen LogP contribution in [0.4, 0.5) is 10.6 Å². The van der Waals surface area contributed by atoms with Gasteiger partial charge in [-0.25, -0.2) is 9.78 Å². The van der Waals surface area contributed by atoms with Crippen LogP contribution in [-0.4, -0.2) is 61.1 Å². The molecule has 20 heavy (non-hydrogen) atoms. The second kappa shape index (κ2) is 6.31. The molecule has 1 atom stereocenters. The monoisotopic (exact) mass is 296 g/mol. The van der Waals surface area contributed by atoms with Gasteiger partial charge in [0.2, 0.25) is 0 Å². The minimum atomic E-state index is 0.0315. The number of hydrogen-bond acceptors (Lipinski definition) is 3. The Hall–Kier alpha value is -1.49. The first-order chi connectivity index (χ1) is 9.50. The molecule has 6 heteroatoms. The lowest BCUT2D eigenvalue weighted by Crippen LogP contribution is -2.51. The zero-order valence-electron chi connectivity index (χ0n) is 12.2. The first kappa shape index (κ1) is 14.9. The molecular formula is C14H21ClN4O. The number of aromatic nitrogens is 1. The minimum absolute atomic E-state index is 0.0315. The van der Waals surface area contributed by atoms with Crippen molar-refractivity contribution in [2.24, 2.45) is 0 Å². The molecule has 1 aromatic heterocycles. The van der Waals surface area contributed by atoms with E-state index in [9.17, 15) is 4.79 Å². The highest BCUT2D eigenvalue weighted by molar-refractivity contribution is 6.32. The van der Waals surface area contributed by atoms with E-state index in [0.29, 0.717) is 5.02 Å². The number of rotatable bonds is 2. The summed E-state index contributed by atoms with van der Waals surface area (Å²) in [7, 11) is 5.40. The van der Waals surface area contributed by atoms with Crippen molar-refractivity contribution in [2.75, 3.05) is 39.1 Å². The average molecular weight is 297 g/mol. The van der Waals surface area contributed by atoms with Gasteiger partial charge in [0.15, 0.2) is 0 Å². The van der Waals surface area contributed by atoms with Crippen molar-refractivity contribution in [3.05, 3.63) is 23.4 Å². The van der Waals surface area contributed by atoms with Crippen molar-refractivity contribution in [1.82, 2.24) is 14.8 Å². The van der Waals surface area contributed by atoms with E-state index in [2.05, 4.69) is 9.88 Å². The number of anilines is 1. The molecule has 1 aromatic rings. The fourth-order valence-corrected chi connectivity index (χ4v) is 2.79. The Kier molecular flexibility index (Phi) is 4.70. The van der Waals surface area contributed by atoms with E-state index in [1.165, 1.54) is 0 Å². The van der Waals surface area contributed by atoms with Crippen LogP contribution in [0.15, 0.2) is 18.3 Å². The van der Waals surface area contributed by atoms with Gasteiger partial charge in [-0.1, -0.05) is 11.6 Å². The number of halogens is 1. The fraction of sp³-hybridized carbons (Fsp3) is 0.571. The highest BCUT2D eigenvalue weighted by Crippen LogP contribution is 2.26. The van der Waals surface area contributed by atoms with Gasteiger partial charge in [0, 0.05) is 40.4 Å². The molecule has 0 aliphatic carbocycles. The molecule has 0 N–H and O–H groups in total. The molecule has 0 bridgehead atoms. The number of carbonyl (C=O) groups excluding carboxylic acids is 1. The normalized spacial score (nSPS) is 18.8. The van der Waals surface area contributed by atoms with E-state index >= 15 is 0 Å². The summed E-state index contributed by atoms with van der Waals surface area (Å²) in [6.07, 6.45) is 3.79. The maximum atomic E-state index is 12.0. The van der Waals surface area contributed by atoms with E-state index in [4.69, 9.17) is 11.6 Å². The van der Waals surface area contributed by atoms with Crippen molar-refractivity contribution in [3.63, 3.8) is 0 Å². The van der Waals surface area contributed by atoms with Gasteiger partial charge in [-0.3, -0.25) is 0 Å². The molecule has 1 aliphatic rings. The Morgan fingerprint density at radius 3 is 2.85 bits per heavy atom.